The number of amides is 1. The van der Waals surface area contributed by atoms with Crippen LogP contribution in [0.5, 0.6) is 0 Å². The van der Waals surface area contributed by atoms with Crippen molar-refractivity contribution >= 4 is 26.7 Å². The molecule has 1 amide bonds. The summed E-state index contributed by atoms with van der Waals surface area (Å²) in [5, 5.41) is 4.66. The molecule has 148 valence electrons. The van der Waals surface area contributed by atoms with E-state index < -0.39 is 10.0 Å². The van der Waals surface area contributed by atoms with Crippen LogP contribution < -0.4 is 5.32 Å². The zero-order chi connectivity index (χ0) is 20.2. The number of carbonyl (C=O) groups excluding carboxylic acids is 1. The topological polar surface area (TPSA) is 69.7 Å². The lowest BCUT2D eigenvalue weighted by Gasteiger charge is -2.28. The van der Waals surface area contributed by atoms with Gasteiger partial charge < -0.3 is 10.2 Å². The molecule has 1 N–H and O–H groups in total. The van der Waals surface area contributed by atoms with Gasteiger partial charge in [0.2, 0.25) is 15.9 Å². The molecule has 0 aliphatic heterocycles. The van der Waals surface area contributed by atoms with Gasteiger partial charge in [-0.3, -0.25) is 4.79 Å². The van der Waals surface area contributed by atoms with Crippen LogP contribution in [-0.2, 0) is 14.8 Å². The van der Waals surface area contributed by atoms with Gasteiger partial charge in [0, 0.05) is 20.1 Å². The smallest absolute Gasteiger partial charge is 0.243 e. The first-order valence-electron chi connectivity index (χ1n) is 8.88. The van der Waals surface area contributed by atoms with Crippen LogP contribution in [0.1, 0.15) is 13.8 Å². The lowest BCUT2D eigenvalue weighted by molar-refractivity contribution is -0.121. The number of sulfonamides is 1. The van der Waals surface area contributed by atoms with Gasteiger partial charge in [-0.25, -0.2) is 8.42 Å². The van der Waals surface area contributed by atoms with Crippen molar-refractivity contribution in [3.8, 4) is 0 Å². The van der Waals surface area contributed by atoms with Gasteiger partial charge in [0.25, 0.3) is 0 Å². The predicted molar refractivity (Wildman–Crippen MR) is 109 cm³/mol. The molecule has 0 fully saturated rings. The van der Waals surface area contributed by atoms with Gasteiger partial charge in [-0.2, -0.15) is 4.31 Å². The highest BCUT2D eigenvalue weighted by atomic mass is 32.2. The number of fused-ring (bicyclic) bond motifs is 1. The summed E-state index contributed by atoms with van der Waals surface area (Å²) in [4.78, 5) is 14.5. The molecule has 0 aliphatic carbocycles. The van der Waals surface area contributed by atoms with Gasteiger partial charge in [0.15, 0.2) is 0 Å². The molecule has 0 bridgehead atoms. The number of benzene rings is 2. The minimum absolute atomic E-state index is 0.102. The van der Waals surface area contributed by atoms with E-state index in [1.807, 2.05) is 38.4 Å². The molecule has 0 atom stereocenters. The van der Waals surface area contributed by atoms with Crippen molar-refractivity contribution in [1.29, 1.82) is 0 Å². The molecule has 0 radical (unpaired) electrons. The van der Waals surface area contributed by atoms with Crippen molar-refractivity contribution in [2.24, 2.45) is 5.41 Å². The second kappa shape index (κ2) is 8.37. The Bertz CT molecular complexity index is 908. The molecule has 2 aromatic carbocycles. The van der Waals surface area contributed by atoms with Gasteiger partial charge >= 0.3 is 0 Å². The molecular formula is C20H29N3O3S. The first-order valence-corrected chi connectivity index (χ1v) is 10.3. The van der Waals surface area contributed by atoms with Crippen molar-refractivity contribution in [3.63, 3.8) is 0 Å². The number of carbonyl (C=O) groups is 1. The Hall–Kier alpha value is -1.96. The monoisotopic (exact) mass is 391 g/mol. The Morgan fingerprint density at radius 3 is 2.30 bits per heavy atom. The van der Waals surface area contributed by atoms with Crippen LogP contribution in [0.3, 0.4) is 0 Å². The van der Waals surface area contributed by atoms with Crippen LogP contribution in [0.25, 0.3) is 10.8 Å². The third kappa shape index (κ3) is 5.76. The minimum atomic E-state index is -3.73. The van der Waals surface area contributed by atoms with Crippen LogP contribution >= 0.6 is 0 Å². The standard InChI is InChI=1S/C20H29N3O3S/c1-20(2,15-22(3)4)14-21-19(24)13-23(5)27(25,26)18-11-10-16-8-6-7-9-17(16)12-18/h6-12H,13-15H2,1-5H3,(H,21,24). The van der Waals surface area contributed by atoms with Gasteiger partial charge in [0.05, 0.1) is 11.4 Å². The van der Waals surface area contributed by atoms with Gasteiger partial charge in [-0.05, 0) is 42.4 Å². The number of rotatable bonds is 8. The van der Waals surface area contributed by atoms with Crippen LogP contribution in [0, 0.1) is 5.41 Å². The summed E-state index contributed by atoms with van der Waals surface area (Å²) < 4.78 is 26.7. The molecule has 0 spiro atoms. The Kier molecular flexibility index (Phi) is 6.62. The normalized spacial score (nSPS) is 12.7. The van der Waals surface area contributed by atoms with E-state index in [9.17, 15) is 13.2 Å². The van der Waals surface area contributed by atoms with Gasteiger partial charge in [-0.1, -0.05) is 44.2 Å². The number of hydrogen-bond donors (Lipinski definition) is 1. The quantitative estimate of drug-likeness (QED) is 0.749. The molecule has 0 heterocycles. The molecule has 0 unspecified atom stereocenters. The summed E-state index contributed by atoms with van der Waals surface area (Å²) in [6.07, 6.45) is 0. The average molecular weight is 392 g/mol. The maximum absolute atomic E-state index is 12.8. The maximum atomic E-state index is 12.8. The lowest BCUT2D eigenvalue weighted by Crippen LogP contribution is -2.44. The van der Waals surface area contributed by atoms with E-state index in [2.05, 4.69) is 24.1 Å². The van der Waals surface area contributed by atoms with Crippen molar-refractivity contribution in [2.75, 3.05) is 40.8 Å². The molecule has 6 nitrogen and oxygen atoms in total. The van der Waals surface area contributed by atoms with E-state index in [1.165, 1.54) is 7.05 Å². The summed E-state index contributed by atoms with van der Waals surface area (Å²) in [5.41, 5.74) is -0.102. The largest absolute Gasteiger partial charge is 0.354 e. The summed E-state index contributed by atoms with van der Waals surface area (Å²) in [6.45, 7) is 5.20. The van der Waals surface area contributed by atoms with Gasteiger partial charge in [-0.15, -0.1) is 0 Å². The Morgan fingerprint density at radius 2 is 1.67 bits per heavy atom. The SMILES string of the molecule is CN(C)CC(C)(C)CNC(=O)CN(C)S(=O)(=O)c1ccc2ccccc2c1. The number of hydrogen-bond acceptors (Lipinski definition) is 4. The molecule has 0 saturated heterocycles. The third-order valence-electron chi connectivity index (χ3n) is 4.30. The van der Waals surface area contributed by atoms with E-state index in [4.69, 9.17) is 0 Å². The highest BCUT2D eigenvalue weighted by Gasteiger charge is 2.25. The molecule has 2 aromatic rings. The van der Waals surface area contributed by atoms with Crippen molar-refractivity contribution in [2.45, 2.75) is 18.7 Å². The number of nitrogens with zero attached hydrogens (tertiary/aromatic N) is 2. The second-order valence-electron chi connectivity index (χ2n) is 7.95. The van der Waals surface area contributed by atoms with Crippen LogP contribution in [0.2, 0.25) is 0 Å². The molecular weight excluding hydrogens is 362 g/mol. The highest BCUT2D eigenvalue weighted by molar-refractivity contribution is 7.89. The van der Waals surface area contributed by atoms with E-state index in [0.717, 1.165) is 21.6 Å². The predicted octanol–water partition coefficient (Wildman–Crippen LogP) is 2.16. The van der Waals surface area contributed by atoms with Crippen molar-refractivity contribution < 1.29 is 13.2 Å². The summed E-state index contributed by atoms with van der Waals surface area (Å²) >= 11 is 0. The molecule has 7 heteroatoms. The second-order valence-corrected chi connectivity index (χ2v) is 9.99. The molecule has 0 aromatic heterocycles. The Morgan fingerprint density at radius 1 is 1.04 bits per heavy atom. The van der Waals surface area contributed by atoms with Crippen LogP contribution in [0.15, 0.2) is 47.4 Å². The zero-order valence-corrected chi connectivity index (χ0v) is 17.5. The van der Waals surface area contributed by atoms with Crippen molar-refractivity contribution in [3.05, 3.63) is 42.5 Å². The van der Waals surface area contributed by atoms with Crippen molar-refractivity contribution in [1.82, 2.24) is 14.5 Å². The summed E-state index contributed by atoms with van der Waals surface area (Å²) in [5.74, 6) is -0.311. The molecule has 0 aliphatic rings. The van der Waals surface area contributed by atoms with E-state index >= 15 is 0 Å². The Labute approximate surface area is 162 Å². The van der Waals surface area contributed by atoms with Gasteiger partial charge in [0.1, 0.15) is 0 Å². The third-order valence-corrected chi connectivity index (χ3v) is 6.10. The molecule has 2 rings (SSSR count). The highest BCUT2D eigenvalue weighted by Crippen LogP contribution is 2.21. The average Bonchev–Trinajstić information content (AvgIpc) is 2.58. The fraction of sp³-hybridized carbons (Fsp3) is 0.450. The summed E-state index contributed by atoms with van der Waals surface area (Å²) in [6, 6.07) is 12.6. The molecule has 27 heavy (non-hydrogen) atoms. The maximum Gasteiger partial charge on any atom is 0.243 e. The number of likely N-dealkylation sites (N-methyl/N-ethyl adjacent to an activating group) is 1. The fourth-order valence-electron chi connectivity index (χ4n) is 3.10. The number of nitrogens with one attached hydrogen (secondary N) is 1. The first-order chi connectivity index (χ1) is 12.5. The first kappa shape index (κ1) is 21.3. The van der Waals surface area contributed by atoms with E-state index in [1.54, 1.807) is 18.2 Å². The minimum Gasteiger partial charge on any atom is -0.354 e. The zero-order valence-electron chi connectivity index (χ0n) is 16.7. The molecule has 0 saturated carbocycles. The van der Waals surface area contributed by atoms with Crippen LogP contribution in [0.4, 0.5) is 0 Å². The van der Waals surface area contributed by atoms with E-state index in [-0.39, 0.29) is 22.8 Å². The summed E-state index contributed by atoms with van der Waals surface area (Å²) in [7, 11) is 1.65. The Balaban J connectivity index is 2.04. The van der Waals surface area contributed by atoms with Crippen LogP contribution in [-0.4, -0.2) is 64.3 Å². The van der Waals surface area contributed by atoms with E-state index in [0.29, 0.717) is 6.54 Å². The fourth-order valence-corrected chi connectivity index (χ4v) is 4.26. The lowest BCUT2D eigenvalue weighted by atomic mass is 9.93.